The minimum Gasteiger partial charge on any atom is -0.373 e. The Morgan fingerprint density at radius 1 is 1.17 bits per heavy atom. The van der Waals surface area contributed by atoms with Crippen LogP contribution in [-0.4, -0.2) is 42.0 Å². The normalized spacial score (nSPS) is 15.9. The van der Waals surface area contributed by atoms with Crippen molar-refractivity contribution < 1.29 is 4.79 Å². The second kappa shape index (κ2) is 7.93. The number of amides is 1. The predicted octanol–water partition coefficient (Wildman–Crippen LogP) is 2.52. The van der Waals surface area contributed by atoms with Gasteiger partial charge in [-0.3, -0.25) is 9.69 Å². The molecule has 0 aliphatic carbocycles. The molecule has 5 heteroatoms. The zero-order valence-corrected chi connectivity index (χ0v) is 14.0. The van der Waals surface area contributed by atoms with Crippen molar-refractivity contribution in [1.29, 1.82) is 0 Å². The third-order valence-electron chi connectivity index (χ3n) is 4.45. The molecule has 2 aromatic rings. The van der Waals surface area contributed by atoms with Crippen LogP contribution in [0.15, 0.2) is 48.7 Å². The second-order valence-electron chi connectivity index (χ2n) is 6.19. The summed E-state index contributed by atoms with van der Waals surface area (Å²) in [6.07, 6.45) is 3.59. The Kier molecular flexibility index (Phi) is 5.43. The number of piperidine rings is 1. The van der Waals surface area contributed by atoms with Crippen LogP contribution in [-0.2, 0) is 6.54 Å². The van der Waals surface area contributed by atoms with E-state index in [0.717, 1.165) is 38.3 Å². The Morgan fingerprint density at radius 3 is 2.54 bits per heavy atom. The van der Waals surface area contributed by atoms with Gasteiger partial charge >= 0.3 is 0 Å². The lowest BCUT2D eigenvalue weighted by Crippen LogP contribution is -2.44. The van der Waals surface area contributed by atoms with E-state index in [0.29, 0.717) is 5.56 Å². The number of hydrogen-bond donors (Lipinski definition) is 2. The molecule has 0 unspecified atom stereocenters. The van der Waals surface area contributed by atoms with E-state index in [4.69, 9.17) is 0 Å². The molecule has 126 valence electrons. The van der Waals surface area contributed by atoms with Crippen molar-refractivity contribution >= 4 is 11.7 Å². The lowest BCUT2D eigenvalue weighted by Gasteiger charge is -2.32. The van der Waals surface area contributed by atoms with Gasteiger partial charge in [-0.15, -0.1) is 0 Å². The SMILES string of the molecule is CNc1ccc(C(=O)NC2CCN(Cc3ccccc3)CC2)cn1. The summed E-state index contributed by atoms with van der Waals surface area (Å²) in [7, 11) is 1.81. The summed E-state index contributed by atoms with van der Waals surface area (Å²) in [6, 6.07) is 14.4. The summed E-state index contributed by atoms with van der Waals surface area (Å²) < 4.78 is 0. The average molecular weight is 324 g/mol. The highest BCUT2D eigenvalue weighted by Crippen LogP contribution is 2.14. The largest absolute Gasteiger partial charge is 0.373 e. The molecular weight excluding hydrogens is 300 g/mol. The van der Waals surface area contributed by atoms with Crippen molar-refractivity contribution in [3.63, 3.8) is 0 Å². The lowest BCUT2D eigenvalue weighted by atomic mass is 10.0. The lowest BCUT2D eigenvalue weighted by molar-refractivity contribution is 0.0908. The Labute approximate surface area is 143 Å². The molecule has 3 rings (SSSR count). The van der Waals surface area contributed by atoms with Crippen LogP contribution >= 0.6 is 0 Å². The molecule has 1 amide bonds. The first kappa shape index (κ1) is 16.5. The van der Waals surface area contributed by atoms with Crippen molar-refractivity contribution in [1.82, 2.24) is 15.2 Å². The maximum absolute atomic E-state index is 12.3. The summed E-state index contributed by atoms with van der Waals surface area (Å²) in [5.74, 6) is 0.729. The number of pyridine rings is 1. The monoisotopic (exact) mass is 324 g/mol. The summed E-state index contributed by atoms with van der Waals surface area (Å²) in [5, 5.41) is 6.08. The zero-order valence-electron chi connectivity index (χ0n) is 14.0. The summed E-state index contributed by atoms with van der Waals surface area (Å²) in [4.78, 5) is 18.9. The fourth-order valence-corrected chi connectivity index (χ4v) is 3.02. The standard InChI is InChI=1S/C19H24N4O/c1-20-18-8-7-16(13-21-18)19(24)22-17-9-11-23(12-10-17)14-15-5-3-2-4-6-15/h2-8,13,17H,9-12,14H2,1H3,(H,20,21)(H,22,24). The number of benzene rings is 1. The van der Waals surface area contributed by atoms with Gasteiger partial charge in [-0.1, -0.05) is 30.3 Å². The van der Waals surface area contributed by atoms with E-state index in [1.165, 1.54) is 5.56 Å². The van der Waals surface area contributed by atoms with Crippen LogP contribution in [0.2, 0.25) is 0 Å². The summed E-state index contributed by atoms with van der Waals surface area (Å²) in [5.41, 5.74) is 1.95. The minimum atomic E-state index is -0.0355. The Bertz CT molecular complexity index is 649. The molecule has 0 radical (unpaired) electrons. The number of likely N-dealkylation sites (tertiary alicyclic amines) is 1. The molecule has 1 saturated heterocycles. The zero-order chi connectivity index (χ0) is 16.8. The third-order valence-corrected chi connectivity index (χ3v) is 4.45. The fourth-order valence-electron chi connectivity index (χ4n) is 3.02. The molecule has 1 fully saturated rings. The predicted molar refractivity (Wildman–Crippen MR) is 96.0 cm³/mol. The van der Waals surface area contributed by atoms with Crippen LogP contribution in [0.3, 0.4) is 0 Å². The van der Waals surface area contributed by atoms with Gasteiger partial charge < -0.3 is 10.6 Å². The van der Waals surface area contributed by atoms with E-state index in [1.54, 1.807) is 12.3 Å². The van der Waals surface area contributed by atoms with Crippen LogP contribution in [0.1, 0.15) is 28.8 Å². The van der Waals surface area contributed by atoms with Gasteiger partial charge in [-0.05, 0) is 30.5 Å². The van der Waals surface area contributed by atoms with Crippen LogP contribution in [0.4, 0.5) is 5.82 Å². The number of carbonyl (C=O) groups is 1. The van der Waals surface area contributed by atoms with E-state index in [1.807, 2.05) is 19.2 Å². The van der Waals surface area contributed by atoms with Crippen molar-refractivity contribution in [2.24, 2.45) is 0 Å². The topological polar surface area (TPSA) is 57.3 Å². The van der Waals surface area contributed by atoms with E-state index in [9.17, 15) is 4.79 Å². The van der Waals surface area contributed by atoms with Crippen LogP contribution in [0.25, 0.3) is 0 Å². The first-order valence-corrected chi connectivity index (χ1v) is 8.45. The molecule has 24 heavy (non-hydrogen) atoms. The number of anilines is 1. The molecule has 2 N–H and O–H groups in total. The van der Waals surface area contributed by atoms with Gasteiger partial charge in [0, 0.05) is 38.9 Å². The number of hydrogen-bond acceptors (Lipinski definition) is 4. The van der Waals surface area contributed by atoms with Crippen LogP contribution in [0, 0.1) is 0 Å². The van der Waals surface area contributed by atoms with Gasteiger partial charge in [0.2, 0.25) is 0 Å². The Hall–Kier alpha value is -2.40. The van der Waals surface area contributed by atoms with E-state index in [-0.39, 0.29) is 11.9 Å². The van der Waals surface area contributed by atoms with E-state index < -0.39 is 0 Å². The first-order chi connectivity index (χ1) is 11.7. The number of rotatable bonds is 5. The molecule has 1 aliphatic rings. The smallest absolute Gasteiger partial charge is 0.253 e. The van der Waals surface area contributed by atoms with E-state index in [2.05, 4.69) is 44.8 Å². The van der Waals surface area contributed by atoms with E-state index >= 15 is 0 Å². The molecule has 0 spiro atoms. The summed E-state index contributed by atoms with van der Waals surface area (Å²) >= 11 is 0. The van der Waals surface area contributed by atoms with Gasteiger partial charge in [-0.2, -0.15) is 0 Å². The summed E-state index contributed by atoms with van der Waals surface area (Å²) in [6.45, 7) is 3.00. The molecular formula is C19H24N4O. The number of nitrogens with one attached hydrogen (secondary N) is 2. The molecule has 1 aromatic heterocycles. The van der Waals surface area contributed by atoms with Gasteiger partial charge in [-0.25, -0.2) is 4.98 Å². The van der Waals surface area contributed by atoms with Gasteiger partial charge in [0.15, 0.2) is 0 Å². The van der Waals surface area contributed by atoms with Crippen molar-refractivity contribution in [3.05, 3.63) is 59.8 Å². The maximum atomic E-state index is 12.3. The van der Waals surface area contributed by atoms with Crippen molar-refractivity contribution in [2.75, 3.05) is 25.5 Å². The average Bonchev–Trinajstić information content (AvgIpc) is 2.64. The molecule has 5 nitrogen and oxygen atoms in total. The molecule has 0 bridgehead atoms. The van der Waals surface area contributed by atoms with Gasteiger partial charge in [0.1, 0.15) is 5.82 Å². The highest BCUT2D eigenvalue weighted by Gasteiger charge is 2.21. The van der Waals surface area contributed by atoms with Crippen LogP contribution in [0.5, 0.6) is 0 Å². The molecule has 2 heterocycles. The van der Waals surface area contributed by atoms with Crippen LogP contribution < -0.4 is 10.6 Å². The highest BCUT2D eigenvalue weighted by molar-refractivity contribution is 5.94. The second-order valence-corrected chi connectivity index (χ2v) is 6.19. The van der Waals surface area contributed by atoms with Gasteiger partial charge in [0.05, 0.1) is 5.56 Å². The van der Waals surface area contributed by atoms with Crippen molar-refractivity contribution in [2.45, 2.75) is 25.4 Å². The molecule has 0 saturated carbocycles. The van der Waals surface area contributed by atoms with Crippen molar-refractivity contribution in [3.8, 4) is 0 Å². The fraction of sp³-hybridized carbons (Fsp3) is 0.368. The highest BCUT2D eigenvalue weighted by atomic mass is 16.1. The minimum absolute atomic E-state index is 0.0355. The number of aromatic nitrogens is 1. The third kappa shape index (κ3) is 4.32. The molecule has 1 aromatic carbocycles. The quantitative estimate of drug-likeness (QED) is 0.887. The Balaban J connectivity index is 1.47. The van der Waals surface area contributed by atoms with Gasteiger partial charge in [0.25, 0.3) is 5.91 Å². The first-order valence-electron chi connectivity index (χ1n) is 8.45. The number of nitrogens with zero attached hydrogens (tertiary/aromatic N) is 2. The molecule has 1 aliphatic heterocycles. The Morgan fingerprint density at radius 2 is 1.92 bits per heavy atom. The number of carbonyl (C=O) groups excluding carboxylic acids is 1. The molecule has 0 atom stereocenters. The maximum Gasteiger partial charge on any atom is 0.253 e.